The van der Waals surface area contributed by atoms with Gasteiger partial charge < -0.3 is 24.8 Å². The standard InChI is InChI=1S/C27H32F2N8O3/c1-17-6-7-19-24(31-17)26(14-27(28,29)15-26)16-36(19)23-8-9-30-25(33-23)32-18-12-21(37(38)39)20(13-22(18)40-5)35(4)11-10-34(2)3/h6-9,12-13H,10-11,14-16H2,1-5H3,(H,30,32,33). The second-order valence-electron chi connectivity index (χ2n) is 10.8. The average Bonchev–Trinajstić information content (AvgIpc) is 3.20. The van der Waals surface area contributed by atoms with Crippen molar-refractivity contribution in [2.75, 3.05) is 63.0 Å². The highest BCUT2D eigenvalue weighted by atomic mass is 19.3. The molecule has 0 bridgehead atoms. The van der Waals surface area contributed by atoms with E-state index in [2.05, 4.69) is 20.3 Å². The molecular formula is C27H32F2N8O3. The molecule has 1 N–H and O–H groups in total. The lowest BCUT2D eigenvalue weighted by Crippen LogP contribution is -2.51. The van der Waals surface area contributed by atoms with Crippen molar-refractivity contribution < 1.29 is 18.4 Å². The van der Waals surface area contributed by atoms with Crippen molar-refractivity contribution in [3.8, 4) is 5.75 Å². The van der Waals surface area contributed by atoms with Gasteiger partial charge in [-0.3, -0.25) is 15.1 Å². The van der Waals surface area contributed by atoms with E-state index in [1.807, 2.05) is 47.9 Å². The van der Waals surface area contributed by atoms with Gasteiger partial charge in [0.25, 0.3) is 5.69 Å². The van der Waals surface area contributed by atoms with E-state index >= 15 is 0 Å². The first-order valence-electron chi connectivity index (χ1n) is 12.9. The van der Waals surface area contributed by atoms with Crippen LogP contribution in [-0.2, 0) is 5.41 Å². The highest BCUT2D eigenvalue weighted by Crippen LogP contribution is 2.59. The average molecular weight is 555 g/mol. The third-order valence-electron chi connectivity index (χ3n) is 7.41. The number of aromatic nitrogens is 3. The molecule has 2 aliphatic rings. The molecule has 5 rings (SSSR count). The Hall–Kier alpha value is -4.13. The molecule has 1 aliphatic heterocycles. The molecule has 0 radical (unpaired) electrons. The van der Waals surface area contributed by atoms with Crippen LogP contribution in [0.5, 0.6) is 5.75 Å². The minimum absolute atomic E-state index is 0.0940. The van der Waals surface area contributed by atoms with Crippen molar-refractivity contribution in [1.82, 2.24) is 19.9 Å². The molecule has 13 heteroatoms. The number of halogens is 2. The quantitative estimate of drug-likeness (QED) is 0.296. The van der Waals surface area contributed by atoms with Crippen molar-refractivity contribution in [2.24, 2.45) is 0 Å². The summed E-state index contributed by atoms with van der Waals surface area (Å²) in [5.74, 6) is -1.65. The molecule has 3 aromatic rings. The number of nitrogens with one attached hydrogen (secondary N) is 1. The van der Waals surface area contributed by atoms with E-state index in [0.29, 0.717) is 48.3 Å². The number of hydrogen-bond acceptors (Lipinski definition) is 10. The van der Waals surface area contributed by atoms with E-state index in [4.69, 9.17) is 4.74 Å². The zero-order valence-electron chi connectivity index (χ0n) is 23.1. The summed E-state index contributed by atoms with van der Waals surface area (Å²) in [6.07, 6.45) is 1.04. The van der Waals surface area contributed by atoms with Crippen molar-refractivity contribution in [2.45, 2.75) is 31.1 Å². The number of ether oxygens (including phenoxy) is 1. The van der Waals surface area contributed by atoms with E-state index in [1.54, 1.807) is 25.4 Å². The third kappa shape index (κ3) is 5.08. The van der Waals surface area contributed by atoms with Gasteiger partial charge in [0.05, 0.1) is 29.1 Å². The Balaban J connectivity index is 1.45. The van der Waals surface area contributed by atoms with Crippen LogP contribution in [0.1, 0.15) is 24.2 Å². The van der Waals surface area contributed by atoms with Gasteiger partial charge in [-0.25, -0.2) is 13.8 Å². The van der Waals surface area contributed by atoms with Gasteiger partial charge in [-0.1, -0.05) is 0 Å². The molecule has 0 atom stereocenters. The van der Waals surface area contributed by atoms with Crippen molar-refractivity contribution in [1.29, 1.82) is 0 Å². The number of nitro benzene ring substituents is 1. The van der Waals surface area contributed by atoms with Crippen LogP contribution in [0.2, 0.25) is 0 Å². The number of methoxy groups -OCH3 is 1. The SMILES string of the molecule is COc1cc(N(C)CCN(C)C)c([N+](=O)[O-])cc1Nc1nccc(N2CC3(CC(F)(F)C3)c3nc(C)ccc32)n1. The van der Waals surface area contributed by atoms with Gasteiger partial charge in [0.15, 0.2) is 0 Å². The first kappa shape index (κ1) is 27.4. The van der Waals surface area contributed by atoms with Crippen LogP contribution in [-0.4, -0.2) is 78.6 Å². The molecule has 1 aromatic carbocycles. The number of nitrogens with zero attached hydrogens (tertiary/aromatic N) is 7. The topological polar surface area (TPSA) is 113 Å². The number of pyridine rings is 1. The number of benzene rings is 1. The molecule has 212 valence electrons. The summed E-state index contributed by atoms with van der Waals surface area (Å²) in [5, 5.41) is 15.0. The second kappa shape index (κ2) is 10.1. The van der Waals surface area contributed by atoms with E-state index < -0.39 is 16.3 Å². The Morgan fingerprint density at radius 1 is 1.15 bits per heavy atom. The summed E-state index contributed by atoms with van der Waals surface area (Å²) in [6, 6.07) is 8.46. The molecule has 1 aliphatic carbocycles. The highest BCUT2D eigenvalue weighted by Gasteiger charge is 2.62. The fraction of sp³-hybridized carbons (Fsp3) is 0.444. The monoisotopic (exact) mass is 554 g/mol. The molecule has 3 heterocycles. The summed E-state index contributed by atoms with van der Waals surface area (Å²) in [7, 11) is 7.14. The number of aryl methyl sites for hydroxylation is 1. The Labute approximate surface area is 230 Å². The number of hydrogen-bond donors (Lipinski definition) is 1. The van der Waals surface area contributed by atoms with Gasteiger partial charge >= 0.3 is 0 Å². The first-order chi connectivity index (χ1) is 18.9. The molecular weight excluding hydrogens is 522 g/mol. The summed E-state index contributed by atoms with van der Waals surface area (Å²) >= 11 is 0. The van der Waals surface area contributed by atoms with Crippen molar-refractivity contribution in [3.05, 3.63) is 58.0 Å². The number of nitro groups is 1. The number of anilines is 5. The molecule has 2 aromatic heterocycles. The largest absolute Gasteiger partial charge is 0.494 e. The number of rotatable bonds is 9. The molecule has 0 unspecified atom stereocenters. The van der Waals surface area contributed by atoms with E-state index in [9.17, 15) is 18.9 Å². The molecule has 0 amide bonds. The molecule has 1 fully saturated rings. The summed E-state index contributed by atoms with van der Waals surface area (Å²) in [5.41, 5.74) is 2.09. The Bertz CT molecular complexity index is 1440. The van der Waals surface area contributed by atoms with Crippen LogP contribution in [0.25, 0.3) is 0 Å². The normalized spacial score (nSPS) is 16.6. The van der Waals surface area contributed by atoms with Crippen molar-refractivity contribution in [3.63, 3.8) is 0 Å². The lowest BCUT2D eigenvalue weighted by molar-refractivity contribution is -0.384. The van der Waals surface area contributed by atoms with Gasteiger partial charge in [-0.2, -0.15) is 4.98 Å². The minimum Gasteiger partial charge on any atom is -0.494 e. The smallest absolute Gasteiger partial charge is 0.294 e. The number of likely N-dealkylation sites (N-methyl/N-ethyl adjacent to an activating group) is 2. The zero-order valence-corrected chi connectivity index (χ0v) is 23.1. The molecule has 0 saturated heterocycles. The lowest BCUT2D eigenvalue weighted by atomic mass is 9.65. The number of fused-ring (bicyclic) bond motifs is 2. The van der Waals surface area contributed by atoms with Crippen LogP contribution in [0.15, 0.2) is 36.5 Å². The van der Waals surface area contributed by atoms with E-state index in [0.717, 1.165) is 11.4 Å². The van der Waals surface area contributed by atoms with Gasteiger partial charge in [0, 0.05) is 69.0 Å². The van der Waals surface area contributed by atoms with Crippen molar-refractivity contribution >= 4 is 34.5 Å². The van der Waals surface area contributed by atoms with E-state index in [-0.39, 0.29) is 24.5 Å². The Kier molecular flexibility index (Phi) is 6.94. The van der Waals surface area contributed by atoms with Crippen LogP contribution >= 0.6 is 0 Å². The lowest BCUT2D eigenvalue weighted by Gasteiger charge is -2.44. The maximum absolute atomic E-state index is 14.0. The fourth-order valence-corrected chi connectivity index (χ4v) is 5.47. The number of alkyl halides is 2. The van der Waals surface area contributed by atoms with Crippen LogP contribution in [0.4, 0.5) is 43.3 Å². The molecule has 1 spiro atoms. The summed E-state index contributed by atoms with van der Waals surface area (Å²) in [6.45, 7) is 3.46. The highest BCUT2D eigenvalue weighted by molar-refractivity contribution is 5.77. The van der Waals surface area contributed by atoms with Gasteiger partial charge in [-0.15, -0.1) is 0 Å². The fourth-order valence-electron chi connectivity index (χ4n) is 5.47. The van der Waals surface area contributed by atoms with E-state index in [1.165, 1.54) is 13.2 Å². The molecule has 1 saturated carbocycles. The predicted octanol–water partition coefficient (Wildman–Crippen LogP) is 4.66. The second-order valence-corrected chi connectivity index (χ2v) is 10.8. The Morgan fingerprint density at radius 2 is 1.90 bits per heavy atom. The first-order valence-corrected chi connectivity index (χ1v) is 12.9. The van der Waals surface area contributed by atoms with Gasteiger partial charge in [0.2, 0.25) is 11.9 Å². The van der Waals surface area contributed by atoms with Crippen LogP contribution < -0.4 is 19.9 Å². The minimum atomic E-state index is -2.71. The third-order valence-corrected chi connectivity index (χ3v) is 7.41. The maximum Gasteiger partial charge on any atom is 0.294 e. The van der Waals surface area contributed by atoms with Crippen LogP contribution in [0, 0.1) is 17.0 Å². The Morgan fingerprint density at radius 3 is 2.55 bits per heavy atom. The summed E-state index contributed by atoms with van der Waals surface area (Å²) < 4.78 is 33.6. The predicted molar refractivity (Wildman–Crippen MR) is 149 cm³/mol. The maximum atomic E-state index is 14.0. The summed E-state index contributed by atoms with van der Waals surface area (Å²) in [4.78, 5) is 30.8. The van der Waals surface area contributed by atoms with Crippen LogP contribution in [0.3, 0.4) is 0 Å². The van der Waals surface area contributed by atoms with Gasteiger partial charge in [-0.05, 0) is 39.2 Å². The molecule has 40 heavy (non-hydrogen) atoms. The zero-order chi connectivity index (χ0) is 28.8. The van der Waals surface area contributed by atoms with Gasteiger partial charge in [0.1, 0.15) is 17.3 Å². The molecule has 11 nitrogen and oxygen atoms in total.